The molecule has 0 aliphatic carbocycles. The van der Waals surface area contributed by atoms with Gasteiger partial charge in [-0.3, -0.25) is 0 Å². The summed E-state index contributed by atoms with van der Waals surface area (Å²) >= 11 is 0. The minimum atomic E-state index is 0.642. The number of rotatable bonds is 11. The summed E-state index contributed by atoms with van der Waals surface area (Å²) in [6, 6.07) is 0. The fourth-order valence-electron chi connectivity index (χ4n) is 1.75. The summed E-state index contributed by atoms with van der Waals surface area (Å²) in [5, 5.41) is 0. The highest BCUT2D eigenvalue weighted by Gasteiger charge is 1.93. The summed E-state index contributed by atoms with van der Waals surface area (Å²) in [5.41, 5.74) is 0. The molecule has 0 saturated carbocycles. The molecule has 0 unspecified atom stereocenters. The normalized spacial score (nSPS) is 9.94. The van der Waals surface area contributed by atoms with Gasteiger partial charge in [0.25, 0.3) is 5.95 Å². The van der Waals surface area contributed by atoms with Crippen LogP contribution >= 0.6 is 0 Å². The van der Waals surface area contributed by atoms with Crippen LogP contribution in [0.5, 0.6) is 0 Å². The van der Waals surface area contributed by atoms with Crippen molar-refractivity contribution in [2.24, 2.45) is 0 Å². The van der Waals surface area contributed by atoms with Gasteiger partial charge in [-0.25, -0.2) is 0 Å². The van der Waals surface area contributed by atoms with Crippen LogP contribution in [-0.2, 0) is 9.47 Å². The van der Waals surface area contributed by atoms with Crippen molar-refractivity contribution in [2.75, 3.05) is 14.2 Å². The third-order valence-electron chi connectivity index (χ3n) is 2.77. The lowest BCUT2D eigenvalue weighted by Gasteiger charge is -2.03. The standard InChI is InChI=1S/C14H28O2/c1-4-5-6-7-8-9-10-11-12-13-14(15-2)16-3/h13H,4-12H2,1-3H3. The summed E-state index contributed by atoms with van der Waals surface area (Å²) in [6.45, 7) is 2.26. The van der Waals surface area contributed by atoms with Gasteiger partial charge in [-0.15, -0.1) is 0 Å². The summed E-state index contributed by atoms with van der Waals surface area (Å²) in [4.78, 5) is 0. The zero-order chi connectivity index (χ0) is 12.1. The van der Waals surface area contributed by atoms with Crippen molar-refractivity contribution in [2.45, 2.75) is 64.7 Å². The molecule has 0 rings (SSSR count). The molecule has 0 spiro atoms. The van der Waals surface area contributed by atoms with Crippen LogP contribution in [-0.4, -0.2) is 14.2 Å². The second kappa shape index (κ2) is 12.4. The van der Waals surface area contributed by atoms with E-state index in [1.807, 2.05) is 6.08 Å². The largest absolute Gasteiger partial charge is 0.469 e. The maximum absolute atomic E-state index is 5.01. The van der Waals surface area contributed by atoms with Gasteiger partial charge in [0.2, 0.25) is 0 Å². The zero-order valence-electron chi connectivity index (χ0n) is 11.3. The Morgan fingerprint density at radius 2 is 1.31 bits per heavy atom. The second-order valence-corrected chi connectivity index (χ2v) is 4.19. The Bertz CT molecular complexity index is 158. The Hall–Kier alpha value is -0.660. The van der Waals surface area contributed by atoms with Crippen molar-refractivity contribution in [3.05, 3.63) is 12.0 Å². The molecule has 0 atom stereocenters. The Labute approximate surface area is 101 Å². The van der Waals surface area contributed by atoms with Crippen molar-refractivity contribution in [1.29, 1.82) is 0 Å². The highest BCUT2D eigenvalue weighted by atomic mass is 16.7. The van der Waals surface area contributed by atoms with Crippen LogP contribution in [0.25, 0.3) is 0 Å². The lowest BCUT2D eigenvalue weighted by molar-refractivity contribution is 0.0938. The van der Waals surface area contributed by atoms with Gasteiger partial charge < -0.3 is 9.47 Å². The molecule has 96 valence electrons. The first kappa shape index (κ1) is 15.3. The predicted octanol–water partition coefficient (Wildman–Crippen LogP) is 4.65. The number of hydrogen-bond acceptors (Lipinski definition) is 2. The molecule has 16 heavy (non-hydrogen) atoms. The van der Waals surface area contributed by atoms with E-state index in [4.69, 9.17) is 9.47 Å². The van der Waals surface area contributed by atoms with Gasteiger partial charge in [0.05, 0.1) is 14.2 Å². The highest BCUT2D eigenvalue weighted by molar-refractivity contribution is 4.82. The van der Waals surface area contributed by atoms with Crippen molar-refractivity contribution >= 4 is 0 Å². The third kappa shape index (κ3) is 9.88. The van der Waals surface area contributed by atoms with Crippen LogP contribution < -0.4 is 0 Å². The van der Waals surface area contributed by atoms with Crippen molar-refractivity contribution in [3.63, 3.8) is 0 Å². The molecule has 0 heterocycles. The lowest BCUT2D eigenvalue weighted by Crippen LogP contribution is -1.89. The van der Waals surface area contributed by atoms with Crippen LogP contribution in [0.2, 0.25) is 0 Å². The molecule has 0 radical (unpaired) electrons. The molecule has 0 aliphatic heterocycles. The maximum Gasteiger partial charge on any atom is 0.274 e. The fraction of sp³-hybridized carbons (Fsp3) is 0.857. The van der Waals surface area contributed by atoms with Crippen molar-refractivity contribution in [3.8, 4) is 0 Å². The molecule has 0 saturated heterocycles. The molecule has 0 aromatic heterocycles. The highest BCUT2D eigenvalue weighted by Crippen LogP contribution is 2.10. The van der Waals surface area contributed by atoms with Gasteiger partial charge in [-0.1, -0.05) is 51.9 Å². The van der Waals surface area contributed by atoms with Crippen LogP contribution in [0.4, 0.5) is 0 Å². The first-order valence-electron chi connectivity index (χ1n) is 6.63. The number of ether oxygens (including phenoxy) is 2. The molecule has 0 bridgehead atoms. The first-order valence-corrected chi connectivity index (χ1v) is 6.63. The molecule has 0 fully saturated rings. The fourth-order valence-corrected chi connectivity index (χ4v) is 1.75. The molecular weight excluding hydrogens is 200 g/mol. The van der Waals surface area contributed by atoms with Gasteiger partial charge >= 0.3 is 0 Å². The third-order valence-corrected chi connectivity index (χ3v) is 2.77. The van der Waals surface area contributed by atoms with E-state index in [1.54, 1.807) is 14.2 Å². The Balaban J connectivity index is 3.17. The molecule has 0 aromatic rings. The molecule has 2 heteroatoms. The smallest absolute Gasteiger partial charge is 0.274 e. The quantitative estimate of drug-likeness (QED) is 0.378. The predicted molar refractivity (Wildman–Crippen MR) is 69.3 cm³/mol. The maximum atomic E-state index is 5.01. The van der Waals surface area contributed by atoms with Crippen LogP contribution in [0, 0.1) is 0 Å². The Morgan fingerprint density at radius 1 is 0.812 bits per heavy atom. The summed E-state index contributed by atoms with van der Waals surface area (Å²) in [6.07, 6.45) is 14.0. The van der Waals surface area contributed by atoms with Crippen LogP contribution in [0.3, 0.4) is 0 Å². The van der Waals surface area contributed by atoms with E-state index in [9.17, 15) is 0 Å². The van der Waals surface area contributed by atoms with Gasteiger partial charge in [-0.05, 0) is 18.9 Å². The number of hydrogen-bond donors (Lipinski definition) is 0. The Morgan fingerprint density at radius 3 is 1.81 bits per heavy atom. The van der Waals surface area contributed by atoms with Crippen molar-refractivity contribution < 1.29 is 9.47 Å². The summed E-state index contributed by atoms with van der Waals surface area (Å²) in [7, 11) is 3.28. The monoisotopic (exact) mass is 228 g/mol. The first-order chi connectivity index (χ1) is 7.85. The van der Waals surface area contributed by atoms with Crippen molar-refractivity contribution in [1.82, 2.24) is 0 Å². The van der Waals surface area contributed by atoms with Crippen LogP contribution in [0.15, 0.2) is 12.0 Å². The van der Waals surface area contributed by atoms with E-state index in [1.165, 1.54) is 51.4 Å². The minimum absolute atomic E-state index is 0.642. The van der Waals surface area contributed by atoms with Crippen LogP contribution in [0.1, 0.15) is 64.7 Å². The van der Waals surface area contributed by atoms with E-state index in [0.29, 0.717) is 5.95 Å². The molecule has 0 aromatic carbocycles. The second-order valence-electron chi connectivity index (χ2n) is 4.19. The lowest BCUT2D eigenvalue weighted by atomic mass is 10.1. The molecule has 0 N–H and O–H groups in total. The SMILES string of the molecule is CCCCCCCCCCC=C(OC)OC. The summed E-state index contributed by atoms with van der Waals surface area (Å²) in [5.74, 6) is 0.642. The van der Waals surface area contributed by atoms with Gasteiger partial charge in [0.1, 0.15) is 0 Å². The number of methoxy groups -OCH3 is 2. The van der Waals surface area contributed by atoms with E-state index in [0.717, 1.165) is 6.42 Å². The number of unbranched alkanes of at least 4 members (excludes halogenated alkanes) is 8. The minimum Gasteiger partial charge on any atom is -0.469 e. The Kier molecular flexibility index (Phi) is 11.9. The van der Waals surface area contributed by atoms with Gasteiger partial charge in [0, 0.05) is 0 Å². The zero-order valence-corrected chi connectivity index (χ0v) is 11.3. The summed E-state index contributed by atoms with van der Waals surface area (Å²) < 4.78 is 10.0. The topological polar surface area (TPSA) is 18.5 Å². The molecule has 0 amide bonds. The van der Waals surface area contributed by atoms with Gasteiger partial charge in [-0.2, -0.15) is 0 Å². The average Bonchev–Trinajstić information content (AvgIpc) is 2.32. The molecule has 0 aliphatic rings. The van der Waals surface area contributed by atoms with E-state index in [2.05, 4.69) is 6.92 Å². The van der Waals surface area contributed by atoms with E-state index in [-0.39, 0.29) is 0 Å². The molecule has 2 nitrogen and oxygen atoms in total. The number of allylic oxidation sites excluding steroid dienone is 1. The molecular formula is C14H28O2. The van der Waals surface area contributed by atoms with E-state index < -0.39 is 0 Å². The van der Waals surface area contributed by atoms with E-state index >= 15 is 0 Å². The average molecular weight is 228 g/mol. The van der Waals surface area contributed by atoms with Gasteiger partial charge in [0.15, 0.2) is 0 Å².